The molecule has 9 nitrogen and oxygen atoms in total. The Morgan fingerprint density at radius 2 is 2.14 bits per heavy atom. The molecular weight excluding hydrogens is 492 g/mol. The smallest absolute Gasteiger partial charge is 0.267 e. The third-order valence-electron chi connectivity index (χ3n) is 5.75. The number of benzene rings is 1. The number of likely N-dealkylation sites (tertiary alicyclic amines) is 1. The van der Waals surface area contributed by atoms with Crippen molar-refractivity contribution in [2.24, 2.45) is 10.8 Å². The second kappa shape index (κ2) is 10.0. The number of hydrazine groups is 1. The van der Waals surface area contributed by atoms with Gasteiger partial charge in [-0.2, -0.15) is 5.10 Å². The summed E-state index contributed by atoms with van der Waals surface area (Å²) in [5.41, 5.74) is 2.19. The van der Waals surface area contributed by atoms with E-state index in [2.05, 4.69) is 22.0 Å². The van der Waals surface area contributed by atoms with Crippen LogP contribution in [0, 0.1) is 6.92 Å². The molecule has 1 aromatic carbocycles. The number of hydrogen-bond donors (Lipinski definition) is 2. The lowest BCUT2D eigenvalue weighted by Crippen LogP contribution is -2.34. The largest absolute Gasteiger partial charge is 0.335 e. The average Bonchev–Trinajstić information content (AvgIpc) is 3.39. The zero-order chi connectivity index (χ0) is 26.0. The number of carbonyl (C=O) groups excluding carboxylic acids is 2. The summed E-state index contributed by atoms with van der Waals surface area (Å²) in [4.78, 5) is 31.1. The third-order valence-corrected chi connectivity index (χ3v) is 5.98. The maximum absolute atomic E-state index is 13.6. The molecule has 0 atom stereocenters. The van der Waals surface area contributed by atoms with E-state index in [9.17, 15) is 18.4 Å². The zero-order valence-corrected chi connectivity index (χ0v) is 20.2. The summed E-state index contributed by atoms with van der Waals surface area (Å²) < 4.78 is 28.5. The van der Waals surface area contributed by atoms with E-state index in [1.165, 1.54) is 34.4 Å². The van der Waals surface area contributed by atoms with Crippen LogP contribution in [-0.2, 0) is 16.1 Å². The van der Waals surface area contributed by atoms with Gasteiger partial charge in [0.15, 0.2) is 5.82 Å². The number of carbonyl (C=O) groups is 2. The molecule has 1 saturated heterocycles. The molecule has 36 heavy (non-hydrogen) atoms. The Hall–Kier alpha value is -3.83. The summed E-state index contributed by atoms with van der Waals surface area (Å²) >= 11 is 6.20. The molecule has 3 heterocycles. The highest BCUT2D eigenvalue weighted by Crippen LogP contribution is 2.32. The summed E-state index contributed by atoms with van der Waals surface area (Å²) in [6, 6.07) is 5.20. The molecule has 2 aliphatic heterocycles. The molecule has 2 aromatic rings. The molecule has 0 bridgehead atoms. The quantitative estimate of drug-likeness (QED) is 0.452. The molecule has 0 radical (unpaired) electrons. The van der Waals surface area contributed by atoms with Crippen molar-refractivity contribution in [3.05, 3.63) is 71.3 Å². The molecule has 0 spiro atoms. The number of rotatable bonds is 6. The van der Waals surface area contributed by atoms with Gasteiger partial charge in [0, 0.05) is 42.2 Å². The average molecular weight is 516 g/mol. The topological polar surface area (TPSA) is 109 Å². The van der Waals surface area contributed by atoms with Crippen LogP contribution in [0.5, 0.6) is 0 Å². The van der Waals surface area contributed by atoms with Crippen molar-refractivity contribution in [2.75, 3.05) is 18.4 Å². The fraction of sp³-hybridized carbons (Fsp3) is 0.250. The first-order valence-electron chi connectivity index (χ1n) is 11.0. The lowest BCUT2D eigenvalue weighted by Gasteiger charge is -2.19. The predicted molar refractivity (Wildman–Crippen MR) is 133 cm³/mol. The maximum atomic E-state index is 13.6. The number of anilines is 1. The van der Waals surface area contributed by atoms with Gasteiger partial charge in [-0.25, -0.2) is 19.6 Å². The minimum atomic E-state index is -2.90. The third kappa shape index (κ3) is 5.37. The number of aromatic nitrogens is 2. The Kier molecular flexibility index (Phi) is 7.04. The van der Waals surface area contributed by atoms with E-state index in [1.54, 1.807) is 24.3 Å². The van der Waals surface area contributed by atoms with E-state index in [0.717, 1.165) is 10.5 Å². The Labute approximate surface area is 211 Å². The van der Waals surface area contributed by atoms with E-state index in [1.807, 2.05) is 6.92 Å². The van der Waals surface area contributed by atoms with E-state index in [4.69, 9.17) is 17.4 Å². The Morgan fingerprint density at radius 1 is 1.36 bits per heavy atom. The highest BCUT2D eigenvalue weighted by atomic mass is 35.5. The summed E-state index contributed by atoms with van der Waals surface area (Å²) in [6.45, 7) is 4.60. The first kappa shape index (κ1) is 25.3. The molecule has 12 heteroatoms. The second-order valence-corrected chi connectivity index (χ2v) is 8.83. The van der Waals surface area contributed by atoms with Crippen LogP contribution in [-0.4, -0.2) is 56.7 Å². The second-order valence-electron chi connectivity index (χ2n) is 8.39. The number of hydrogen-bond acceptors (Lipinski definition) is 6. The molecule has 2 aliphatic rings. The summed E-state index contributed by atoms with van der Waals surface area (Å²) in [5.74, 6) is 2.12. The van der Waals surface area contributed by atoms with Crippen LogP contribution in [0.1, 0.15) is 12.0 Å². The summed E-state index contributed by atoms with van der Waals surface area (Å²) in [7, 11) is 0. The molecule has 1 fully saturated rings. The van der Waals surface area contributed by atoms with Gasteiger partial charge < -0.3 is 10.2 Å². The number of aliphatic imine (C=N–C) groups is 1. The number of aryl methyl sites for hydroxylation is 1. The molecule has 0 unspecified atom stereocenters. The SMILES string of the molecule is C=C/C(C(=O)Nc1cn(CC(=O)N2CCC(F)(F)C2)nc1-c1cc(Cl)ccc1C)=C1/N=CC=CN1N. The van der Waals surface area contributed by atoms with Crippen molar-refractivity contribution in [3.63, 3.8) is 0 Å². The molecule has 2 amide bonds. The lowest BCUT2D eigenvalue weighted by atomic mass is 10.0. The standard InChI is InChI=1S/C24H24ClF2N7O2/c1-3-17(22-29-8-4-9-34(22)28)23(36)30-19-12-33(13-20(35)32-10-7-24(26,27)14-32)31-21(19)18-11-16(25)6-5-15(18)2/h3-6,8-9,11-12H,1,7,10,13-14,28H2,2H3,(H,30,36)/b22-17+. The van der Waals surface area contributed by atoms with Crippen molar-refractivity contribution in [1.82, 2.24) is 19.7 Å². The maximum Gasteiger partial charge on any atom is 0.267 e. The van der Waals surface area contributed by atoms with Gasteiger partial charge in [0.05, 0.1) is 17.8 Å². The van der Waals surface area contributed by atoms with Gasteiger partial charge in [-0.15, -0.1) is 0 Å². The van der Waals surface area contributed by atoms with Crippen molar-refractivity contribution in [2.45, 2.75) is 25.8 Å². The van der Waals surface area contributed by atoms with Crippen LogP contribution in [0.15, 0.2) is 65.7 Å². The van der Waals surface area contributed by atoms with E-state index < -0.39 is 24.3 Å². The van der Waals surface area contributed by atoms with Crippen molar-refractivity contribution < 1.29 is 18.4 Å². The van der Waals surface area contributed by atoms with Crippen LogP contribution in [0.4, 0.5) is 14.5 Å². The van der Waals surface area contributed by atoms with Crippen molar-refractivity contribution in [3.8, 4) is 11.3 Å². The first-order chi connectivity index (χ1) is 17.1. The number of nitrogens with one attached hydrogen (secondary N) is 1. The summed E-state index contributed by atoms with van der Waals surface area (Å²) in [6.07, 6.45) is 7.05. The van der Waals surface area contributed by atoms with Crippen molar-refractivity contribution in [1.29, 1.82) is 0 Å². The van der Waals surface area contributed by atoms with Gasteiger partial charge in [0.25, 0.3) is 11.8 Å². The Balaban J connectivity index is 1.68. The molecule has 1 aromatic heterocycles. The van der Waals surface area contributed by atoms with Gasteiger partial charge >= 0.3 is 0 Å². The van der Waals surface area contributed by atoms with Crippen LogP contribution < -0.4 is 11.2 Å². The van der Waals surface area contributed by atoms with Crippen LogP contribution in [0.3, 0.4) is 0 Å². The number of nitrogens with zero attached hydrogens (tertiary/aromatic N) is 5. The van der Waals surface area contributed by atoms with Gasteiger partial charge in [-0.1, -0.05) is 30.3 Å². The fourth-order valence-electron chi connectivity index (χ4n) is 3.90. The van der Waals surface area contributed by atoms with Crippen LogP contribution in [0.25, 0.3) is 11.3 Å². The lowest BCUT2D eigenvalue weighted by molar-refractivity contribution is -0.132. The van der Waals surface area contributed by atoms with E-state index in [-0.39, 0.29) is 36.6 Å². The zero-order valence-electron chi connectivity index (χ0n) is 19.4. The number of halogens is 3. The van der Waals surface area contributed by atoms with Gasteiger partial charge in [0.1, 0.15) is 12.2 Å². The van der Waals surface area contributed by atoms with E-state index in [0.29, 0.717) is 16.3 Å². The first-order valence-corrected chi connectivity index (χ1v) is 11.4. The Bertz CT molecular complexity index is 1320. The minimum absolute atomic E-state index is 0.0300. The van der Waals surface area contributed by atoms with Crippen molar-refractivity contribution >= 4 is 35.3 Å². The van der Waals surface area contributed by atoms with E-state index >= 15 is 0 Å². The fourth-order valence-corrected chi connectivity index (χ4v) is 4.07. The molecule has 4 rings (SSSR count). The molecule has 188 valence electrons. The highest BCUT2D eigenvalue weighted by Gasteiger charge is 2.40. The summed E-state index contributed by atoms with van der Waals surface area (Å²) in [5, 5.41) is 8.91. The normalized spacial score (nSPS) is 17.9. The number of alkyl halides is 2. The molecule has 3 N–H and O–H groups in total. The van der Waals surface area contributed by atoms with Gasteiger partial charge in [-0.05, 0) is 30.7 Å². The molecule has 0 aliphatic carbocycles. The van der Waals surface area contributed by atoms with Gasteiger partial charge in [0.2, 0.25) is 5.91 Å². The number of amides is 2. The number of allylic oxidation sites excluding steroid dienone is 1. The van der Waals surface area contributed by atoms with Gasteiger partial charge in [-0.3, -0.25) is 19.3 Å². The van der Waals surface area contributed by atoms with Crippen LogP contribution in [0.2, 0.25) is 5.02 Å². The number of nitrogens with two attached hydrogens (primary N) is 1. The minimum Gasteiger partial charge on any atom is -0.335 e. The predicted octanol–water partition coefficient (Wildman–Crippen LogP) is 3.49. The molecule has 0 saturated carbocycles. The highest BCUT2D eigenvalue weighted by molar-refractivity contribution is 6.31. The monoisotopic (exact) mass is 515 g/mol. The molecular formula is C24H24ClF2N7O2. The Morgan fingerprint density at radius 3 is 2.81 bits per heavy atom. The van der Waals surface area contributed by atoms with Crippen LogP contribution >= 0.6 is 11.6 Å².